The summed E-state index contributed by atoms with van der Waals surface area (Å²) in [7, 11) is 0. The number of hydrogen-bond acceptors (Lipinski definition) is 1. The fourth-order valence-corrected chi connectivity index (χ4v) is 3.85. The average Bonchev–Trinajstić information content (AvgIpc) is 2.83. The summed E-state index contributed by atoms with van der Waals surface area (Å²) in [6.45, 7) is 3.44. The largest absolute Gasteiger partial charge is 0.313 e. The van der Waals surface area contributed by atoms with Gasteiger partial charge in [0.2, 0.25) is 0 Å². The van der Waals surface area contributed by atoms with Crippen molar-refractivity contribution < 1.29 is 0 Å². The predicted octanol–water partition coefficient (Wildman–Crippen LogP) is 4.59. The number of benzene rings is 1. The van der Waals surface area contributed by atoms with E-state index in [0.717, 1.165) is 17.9 Å². The summed E-state index contributed by atoms with van der Waals surface area (Å²) in [5.74, 6) is 1.63. The highest BCUT2D eigenvalue weighted by Gasteiger charge is 2.31. The van der Waals surface area contributed by atoms with Crippen LogP contribution < -0.4 is 5.32 Å². The second-order valence-electron chi connectivity index (χ2n) is 6.35. The Morgan fingerprint density at radius 3 is 2.42 bits per heavy atom. The van der Waals surface area contributed by atoms with Crippen LogP contribution in [-0.2, 0) is 0 Å². The molecule has 0 heterocycles. The van der Waals surface area contributed by atoms with Crippen molar-refractivity contribution in [2.24, 2.45) is 0 Å². The molecule has 104 valence electrons. The SMILES string of the molecule is CCCNC1CCCC1c1ccccc1C1CCC1. The molecule has 0 aromatic heterocycles. The first-order valence-corrected chi connectivity index (χ1v) is 8.22. The van der Waals surface area contributed by atoms with Gasteiger partial charge in [-0.15, -0.1) is 0 Å². The van der Waals surface area contributed by atoms with Gasteiger partial charge in [-0.2, -0.15) is 0 Å². The van der Waals surface area contributed by atoms with E-state index in [1.54, 1.807) is 11.1 Å². The van der Waals surface area contributed by atoms with Gasteiger partial charge in [-0.05, 0) is 61.6 Å². The highest BCUT2D eigenvalue weighted by molar-refractivity contribution is 5.36. The fraction of sp³-hybridized carbons (Fsp3) is 0.667. The Hall–Kier alpha value is -0.820. The standard InChI is InChI=1S/C18H27N/c1-2-13-19-18-12-6-11-17(18)16-10-4-3-9-15(16)14-7-5-8-14/h3-4,9-10,14,17-19H,2,5-8,11-13H2,1H3. The van der Waals surface area contributed by atoms with Crippen molar-refractivity contribution >= 4 is 0 Å². The summed E-state index contributed by atoms with van der Waals surface area (Å²) >= 11 is 0. The van der Waals surface area contributed by atoms with Crippen LogP contribution in [0.25, 0.3) is 0 Å². The molecule has 19 heavy (non-hydrogen) atoms. The number of nitrogens with one attached hydrogen (secondary N) is 1. The summed E-state index contributed by atoms with van der Waals surface area (Å²) in [4.78, 5) is 0. The minimum atomic E-state index is 0.723. The Morgan fingerprint density at radius 2 is 1.74 bits per heavy atom. The molecule has 2 fully saturated rings. The highest BCUT2D eigenvalue weighted by Crippen LogP contribution is 2.43. The topological polar surface area (TPSA) is 12.0 Å². The minimum Gasteiger partial charge on any atom is -0.313 e. The summed E-state index contributed by atoms with van der Waals surface area (Å²) in [6, 6.07) is 10.0. The second kappa shape index (κ2) is 6.09. The van der Waals surface area contributed by atoms with E-state index in [0.29, 0.717) is 0 Å². The van der Waals surface area contributed by atoms with Crippen molar-refractivity contribution in [3.8, 4) is 0 Å². The molecule has 1 N–H and O–H groups in total. The molecule has 1 heteroatoms. The molecule has 3 rings (SSSR count). The van der Waals surface area contributed by atoms with E-state index in [2.05, 4.69) is 36.5 Å². The zero-order valence-corrected chi connectivity index (χ0v) is 12.2. The Labute approximate surface area is 117 Å². The number of hydrogen-bond donors (Lipinski definition) is 1. The van der Waals surface area contributed by atoms with Gasteiger partial charge < -0.3 is 5.32 Å². The Balaban J connectivity index is 1.80. The smallest absolute Gasteiger partial charge is 0.0136 e. The van der Waals surface area contributed by atoms with Gasteiger partial charge in [0.1, 0.15) is 0 Å². The molecule has 0 aliphatic heterocycles. The molecule has 0 radical (unpaired) electrons. The number of rotatable bonds is 5. The zero-order chi connectivity index (χ0) is 13.1. The van der Waals surface area contributed by atoms with Crippen LogP contribution in [0, 0.1) is 0 Å². The van der Waals surface area contributed by atoms with Gasteiger partial charge in [0.05, 0.1) is 0 Å². The van der Waals surface area contributed by atoms with E-state index in [-0.39, 0.29) is 0 Å². The van der Waals surface area contributed by atoms with Crippen molar-refractivity contribution in [3.63, 3.8) is 0 Å². The average molecular weight is 257 g/mol. The van der Waals surface area contributed by atoms with Crippen LogP contribution in [0.3, 0.4) is 0 Å². The third-order valence-electron chi connectivity index (χ3n) is 5.11. The first-order valence-electron chi connectivity index (χ1n) is 8.22. The molecule has 0 spiro atoms. The molecule has 2 saturated carbocycles. The maximum atomic E-state index is 3.78. The van der Waals surface area contributed by atoms with Gasteiger partial charge in [-0.3, -0.25) is 0 Å². The van der Waals surface area contributed by atoms with E-state index in [1.165, 1.54) is 51.5 Å². The summed E-state index contributed by atoms with van der Waals surface area (Å²) in [5, 5.41) is 3.78. The first kappa shape index (κ1) is 13.2. The predicted molar refractivity (Wildman–Crippen MR) is 81.7 cm³/mol. The first-order chi connectivity index (χ1) is 9.40. The third-order valence-corrected chi connectivity index (χ3v) is 5.11. The molecule has 1 aromatic rings. The highest BCUT2D eigenvalue weighted by atomic mass is 14.9. The normalized spacial score (nSPS) is 27.4. The van der Waals surface area contributed by atoms with Crippen LogP contribution in [0.1, 0.15) is 74.8 Å². The van der Waals surface area contributed by atoms with Crippen molar-refractivity contribution in [2.75, 3.05) is 6.54 Å². The lowest BCUT2D eigenvalue weighted by Crippen LogP contribution is -2.32. The van der Waals surface area contributed by atoms with Crippen LogP contribution in [0.15, 0.2) is 24.3 Å². The van der Waals surface area contributed by atoms with Crippen molar-refractivity contribution in [1.29, 1.82) is 0 Å². The van der Waals surface area contributed by atoms with E-state index < -0.39 is 0 Å². The lowest BCUT2D eigenvalue weighted by Gasteiger charge is -2.31. The van der Waals surface area contributed by atoms with Gasteiger partial charge in [0.25, 0.3) is 0 Å². The van der Waals surface area contributed by atoms with E-state index in [1.807, 2.05) is 0 Å². The van der Waals surface area contributed by atoms with Gasteiger partial charge in [-0.1, -0.05) is 44.0 Å². The second-order valence-corrected chi connectivity index (χ2v) is 6.35. The van der Waals surface area contributed by atoms with Crippen LogP contribution in [0.4, 0.5) is 0 Å². The van der Waals surface area contributed by atoms with Crippen LogP contribution >= 0.6 is 0 Å². The quantitative estimate of drug-likeness (QED) is 0.813. The molecule has 0 amide bonds. The van der Waals surface area contributed by atoms with Gasteiger partial charge in [0.15, 0.2) is 0 Å². The molecule has 1 nitrogen and oxygen atoms in total. The van der Waals surface area contributed by atoms with Gasteiger partial charge in [-0.25, -0.2) is 0 Å². The third kappa shape index (κ3) is 2.72. The lowest BCUT2D eigenvalue weighted by atomic mass is 9.75. The Morgan fingerprint density at radius 1 is 1.00 bits per heavy atom. The molecular formula is C18H27N. The summed E-state index contributed by atoms with van der Waals surface area (Å²) in [6.07, 6.45) is 9.64. The van der Waals surface area contributed by atoms with Crippen molar-refractivity contribution in [1.82, 2.24) is 5.32 Å². The zero-order valence-electron chi connectivity index (χ0n) is 12.2. The molecule has 2 aliphatic carbocycles. The van der Waals surface area contributed by atoms with E-state index in [4.69, 9.17) is 0 Å². The van der Waals surface area contributed by atoms with Crippen LogP contribution in [-0.4, -0.2) is 12.6 Å². The lowest BCUT2D eigenvalue weighted by molar-refractivity contribution is 0.409. The van der Waals surface area contributed by atoms with Crippen LogP contribution in [0.2, 0.25) is 0 Å². The molecule has 2 aliphatic rings. The van der Waals surface area contributed by atoms with E-state index >= 15 is 0 Å². The maximum Gasteiger partial charge on any atom is 0.0136 e. The van der Waals surface area contributed by atoms with Crippen LogP contribution in [0.5, 0.6) is 0 Å². The molecule has 0 bridgehead atoms. The Bertz CT molecular complexity index is 408. The molecule has 2 unspecified atom stereocenters. The monoisotopic (exact) mass is 257 g/mol. The van der Waals surface area contributed by atoms with Gasteiger partial charge in [0, 0.05) is 6.04 Å². The molecule has 0 saturated heterocycles. The Kier molecular flexibility index (Phi) is 4.22. The summed E-state index contributed by atoms with van der Waals surface area (Å²) < 4.78 is 0. The fourth-order valence-electron chi connectivity index (χ4n) is 3.85. The summed E-state index contributed by atoms with van der Waals surface area (Å²) in [5.41, 5.74) is 3.34. The van der Waals surface area contributed by atoms with Crippen molar-refractivity contribution in [2.45, 2.75) is 69.7 Å². The van der Waals surface area contributed by atoms with Gasteiger partial charge >= 0.3 is 0 Å². The maximum absolute atomic E-state index is 3.78. The molecule has 1 aromatic carbocycles. The molecule has 2 atom stereocenters. The minimum absolute atomic E-state index is 0.723. The van der Waals surface area contributed by atoms with Crippen molar-refractivity contribution in [3.05, 3.63) is 35.4 Å². The van der Waals surface area contributed by atoms with E-state index in [9.17, 15) is 0 Å². The molecular weight excluding hydrogens is 230 g/mol.